The number of aromatic nitrogens is 2. The minimum Gasteiger partial charge on any atom is -0.468 e. The van der Waals surface area contributed by atoms with E-state index in [1.165, 1.54) is 13.4 Å². The van der Waals surface area contributed by atoms with E-state index in [4.69, 9.17) is 8.94 Å². The number of rotatable bonds is 5. The van der Waals surface area contributed by atoms with Crippen LogP contribution in [0.2, 0.25) is 0 Å². The second kappa shape index (κ2) is 5.46. The van der Waals surface area contributed by atoms with Crippen molar-refractivity contribution in [1.82, 2.24) is 15.0 Å². The molecule has 18 heavy (non-hydrogen) atoms. The molecule has 0 aliphatic heterocycles. The normalized spacial score (nSPS) is 10.8. The molecule has 2 rings (SSSR count). The molecule has 0 aliphatic rings. The molecule has 0 unspecified atom stereocenters. The largest absolute Gasteiger partial charge is 0.468 e. The van der Waals surface area contributed by atoms with Gasteiger partial charge < -0.3 is 13.7 Å². The van der Waals surface area contributed by atoms with E-state index < -0.39 is 0 Å². The SMILES string of the molecule is COC(=O)CN(C)Cc1nc(-c2ccco2)no1. The Labute approximate surface area is 103 Å². The van der Waals surface area contributed by atoms with Crippen LogP contribution in [0, 0.1) is 0 Å². The Morgan fingerprint density at radius 1 is 1.56 bits per heavy atom. The van der Waals surface area contributed by atoms with E-state index in [9.17, 15) is 4.79 Å². The van der Waals surface area contributed by atoms with E-state index in [2.05, 4.69) is 14.9 Å². The number of carbonyl (C=O) groups is 1. The second-order valence-corrected chi connectivity index (χ2v) is 3.74. The zero-order valence-electron chi connectivity index (χ0n) is 10.1. The Kier molecular flexibility index (Phi) is 3.73. The van der Waals surface area contributed by atoms with Crippen molar-refractivity contribution >= 4 is 5.97 Å². The Bertz CT molecular complexity index is 506. The van der Waals surface area contributed by atoms with Crippen LogP contribution in [-0.4, -0.2) is 41.7 Å². The molecule has 7 nitrogen and oxygen atoms in total. The lowest BCUT2D eigenvalue weighted by atomic mass is 10.4. The summed E-state index contributed by atoms with van der Waals surface area (Å²) in [4.78, 5) is 16.9. The van der Waals surface area contributed by atoms with Gasteiger partial charge in [0.25, 0.3) is 0 Å². The van der Waals surface area contributed by atoms with Crippen LogP contribution in [-0.2, 0) is 16.1 Å². The van der Waals surface area contributed by atoms with Gasteiger partial charge in [0.05, 0.1) is 26.5 Å². The molecule has 0 radical (unpaired) electrons. The van der Waals surface area contributed by atoms with Crippen LogP contribution >= 0.6 is 0 Å². The van der Waals surface area contributed by atoms with Gasteiger partial charge in [-0.25, -0.2) is 0 Å². The number of esters is 1. The summed E-state index contributed by atoms with van der Waals surface area (Å²) < 4.78 is 14.8. The number of nitrogens with zero attached hydrogens (tertiary/aromatic N) is 3. The van der Waals surface area contributed by atoms with Gasteiger partial charge in [0.1, 0.15) is 0 Å². The summed E-state index contributed by atoms with van der Waals surface area (Å²) in [7, 11) is 3.10. The van der Waals surface area contributed by atoms with Gasteiger partial charge in [0, 0.05) is 0 Å². The van der Waals surface area contributed by atoms with Crippen molar-refractivity contribution in [2.45, 2.75) is 6.54 Å². The lowest BCUT2D eigenvalue weighted by Crippen LogP contribution is -2.26. The van der Waals surface area contributed by atoms with E-state index >= 15 is 0 Å². The van der Waals surface area contributed by atoms with Crippen LogP contribution in [0.4, 0.5) is 0 Å². The Morgan fingerprint density at radius 2 is 2.39 bits per heavy atom. The lowest BCUT2D eigenvalue weighted by Gasteiger charge is -2.11. The second-order valence-electron chi connectivity index (χ2n) is 3.74. The molecule has 0 fully saturated rings. The maximum atomic E-state index is 11.1. The van der Waals surface area contributed by atoms with Gasteiger partial charge in [0.15, 0.2) is 5.76 Å². The van der Waals surface area contributed by atoms with Crippen LogP contribution in [0.5, 0.6) is 0 Å². The Morgan fingerprint density at radius 3 is 3.06 bits per heavy atom. The highest BCUT2D eigenvalue weighted by Gasteiger charge is 2.14. The standard InChI is InChI=1S/C11H13N3O4/c1-14(7-10(15)16-2)6-9-12-11(13-18-9)8-4-3-5-17-8/h3-5H,6-7H2,1-2H3. The van der Waals surface area contributed by atoms with Gasteiger partial charge in [-0.15, -0.1) is 0 Å². The Hall–Kier alpha value is -2.15. The summed E-state index contributed by atoms with van der Waals surface area (Å²) in [6.07, 6.45) is 1.54. The van der Waals surface area contributed by atoms with Gasteiger partial charge in [-0.3, -0.25) is 9.69 Å². The van der Waals surface area contributed by atoms with Crippen molar-refractivity contribution in [2.24, 2.45) is 0 Å². The third-order valence-electron chi connectivity index (χ3n) is 2.24. The van der Waals surface area contributed by atoms with Crippen molar-refractivity contribution in [3.05, 3.63) is 24.3 Å². The van der Waals surface area contributed by atoms with Crippen molar-refractivity contribution in [1.29, 1.82) is 0 Å². The zero-order chi connectivity index (χ0) is 13.0. The third-order valence-corrected chi connectivity index (χ3v) is 2.24. The van der Waals surface area contributed by atoms with Gasteiger partial charge in [-0.2, -0.15) is 4.98 Å². The quantitative estimate of drug-likeness (QED) is 0.731. The first-order chi connectivity index (χ1) is 8.69. The van der Waals surface area contributed by atoms with Crippen molar-refractivity contribution in [2.75, 3.05) is 20.7 Å². The topological polar surface area (TPSA) is 81.6 Å². The van der Waals surface area contributed by atoms with E-state index in [1.54, 1.807) is 24.1 Å². The Balaban J connectivity index is 1.96. The first-order valence-corrected chi connectivity index (χ1v) is 5.31. The fourth-order valence-electron chi connectivity index (χ4n) is 1.40. The maximum absolute atomic E-state index is 11.1. The molecule has 0 atom stereocenters. The molecular weight excluding hydrogens is 238 g/mol. The highest BCUT2D eigenvalue weighted by Crippen LogP contribution is 2.16. The molecule has 0 spiro atoms. The third kappa shape index (κ3) is 2.95. The number of furan rings is 1. The fraction of sp³-hybridized carbons (Fsp3) is 0.364. The molecule has 0 saturated heterocycles. The number of hydrogen-bond donors (Lipinski definition) is 0. The monoisotopic (exact) mass is 251 g/mol. The molecule has 2 aromatic heterocycles. The minimum absolute atomic E-state index is 0.162. The van der Waals surface area contributed by atoms with E-state index in [-0.39, 0.29) is 12.5 Å². The van der Waals surface area contributed by atoms with Gasteiger partial charge >= 0.3 is 5.97 Å². The highest BCUT2D eigenvalue weighted by molar-refractivity contribution is 5.71. The molecule has 0 amide bonds. The summed E-state index contributed by atoms with van der Waals surface area (Å²) in [5, 5.41) is 3.79. The summed E-state index contributed by atoms with van der Waals surface area (Å²) in [5.74, 6) is 1.03. The van der Waals surface area contributed by atoms with E-state index in [0.29, 0.717) is 24.0 Å². The first-order valence-electron chi connectivity index (χ1n) is 5.31. The molecule has 0 aliphatic carbocycles. The predicted molar refractivity (Wildman–Crippen MR) is 60.4 cm³/mol. The van der Waals surface area contributed by atoms with Crippen molar-refractivity contribution in [3.8, 4) is 11.6 Å². The molecule has 2 aromatic rings. The highest BCUT2D eigenvalue weighted by atomic mass is 16.5. The zero-order valence-corrected chi connectivity index (χ0v) is 10.1. The van der Waals surface area contributed by atoms with Crippen LogP contribution < -0.4 is 0 Å². The molecule has 7 heteroatoms. The van der Waals surface area contributed by atoms with E-state index in [0.717, 1.165) is 0 Å². The first kappa shape index (κ1) is 12.3. The number of hydrogen-bond acceptors (Lipinski definition) is 7. The number of carbonyl (C=O) groups excluding carboxylic acids is 1. The smallest absolute Gasteiger partial charge is 0.319 e. The van der Waals surface area contributed by atoms with Crippen LogP contribution in [0.3, 0.4) is 0 Å². The van der Waals surface area contributed by atoms with E-state index in [1.807, 2.05) is 0 Å². The van der Waals surface area contributed by atoms with Gasteiger partial charge in [-0.05, 0) is 19.2 Å². The maximum Gasteiger partial charge on any atom is 0.319 e. The van der Waals surface area contributed by atoms with Crippen molar-refractivity contribution in [3.63, 3.8) is 0 Å². The molecule has 0 saturated carbocycles. The summed E-state index contributed by atoms with van der Waals surface area (Å²) in [6, 6.07) is 3.49. The predicted octanol–water partition coefficient (Wildman–Crippen LogP) is 0.934. The summed E-state index contributed by atoms with van der Waals surface area (Å²) >= 11 is 0. The molecule has 2 heterocycles. The average molecular weight is 251 g/mol. The molecule has 96 valence electrons. The molecular formula is C11H13N3O4. The molecule has 0 bridgehead atoms. The fourth-order valence-corrected chi connectivity index (χ4v) is 1.40. The van der Waals surface area contributed by atoms with Gasteiger partial charge in [-0.1, -0.05) is 5.16 Å². The minimum atomic E-state index is -0.316. The summed E-state index contributed by atoms with van der Waals surface area (Å²) in [5.41, 5.74) is 0. The lowest BCUT2D eigenvalue weighted by molar-refractivity contribution is -0.141. The van der Waals surface area contributed by atoms with Gasteiger partial charge in [0.2, 0.25) is 11.7 Å². The van der Waals surface area contributed by atoms with Crippen molar-refractivity contribution < 1.29 is 18.5 Å². The summed E-state index contributed by atoms with van der Waals surface area (Å²) in [6.45, 7) is 0.526. The molecule has 0 N–H and O–H groups in total. The molecule has 0 aromatic carbocycles. The average Bonchev–Trinajstić information content (AvgIpc) is 2.98. The number of likely N-dealkylation sites (N-methyl/N-ethyl adjacent to an activating group) is 1. The number of methoxy groups -OCH3 is 1. The number of ether oxygens (including phenoxy) is 1. The van der Waals surface area contributed by atoms with Crippen LogP contribution in [0.25, 0.3) is 11.6 Å². The van der Waals surface area contributed by atoms with Crippen LogP contribution in [0.1, 0.15) is 5.89 Å². The van der Waals surface area contributed by atoms with Crippen LogP contribution in [0.15, 0.2) is 27.3 Å².